The second-order valence-electron chi connectivity index (χ2n) is 3.56. The van der Waals surface area contributed by atoms with Crippen molar-refractivity contribution >= 4 is 32.5 Å². The first-order valence-electron chi connectivity index (χ1n) is 4.82. The van der Waals surface area contributed by atoms with Gasteiger partial charge in [0.05, 0.1) is 18.1 Å². The second kappa shape index (κ2) is 4.29. The summed E-state index contributed by atoms with van der Waals surface area (Å²) in [4.78, 5) is 14.7. The fourth-order valence-electron chi connectivity index (χ4n) is 1.66. The number of methoxy groups -OCH3 is 1. The van der Waals surface area contributed by atoms with E-state index >= 15 is 0 Å². The quantitative estimate of drug-likeness (QED) is 0.485. The lowest BCUT2D eigenvalue weighted by atomic mass is 10.1. The molecule has 2 aromatic rings. The van der Waals surface area contributed by atoms with Crippen molar-refractivity contribution in [2.24, 2.45) is 0 Å². The molecular weight excluding hydrogens is 288 g/mol. The Hall–Kier alpha value is -1.69. The lowest BCUT2D eigenvalue weighted by Gasteiger charge is -2.06. The van der Waals surface area contributed by atoms with Crippen LogP contribution in [0.5, 0.6) is 5.75 Å². The van der Waals surface area contributed by atoms with Crippen LogP contribution in [0, 0.1) is 17.0 Å². The van der Waals surface area contributed by atoms with Gasteiger partial charge >= 0.3 is 0 Å². The number of nitro benzene ring substituents is 1. The minimum Gasteiger partial charge on any atom is -0.496 e. The number of hydrogen-bond donors (Lipinski definition) is 0. The number of aryl methyl sites for hydroxylation is 1. The lowest BCUT2D eigenvalue weighted by molar-refractivity contribution is -0.383. The molecule has 1 heterocycles. The maximum absolute atomic E-state index is 11.0. The van der Waals surface area contributed by atoms with Crippen LogP contribution < -0.4 is 4.74 Å². The molecule has 0 bridgehead atoms. The van der Waals surface area contributed by atoms with E-state index in [4.69, 9.17) is 4.74 Å². The first kappa shape index (κ1) is 11.8. The number of ether oxygens (including phenoxy) is 1. The van der Waals surface area contributed by atoms with Gasteiger partial charge in [0, 0.05) is 5.39 Å². The third kappa shape index (κ3) is 2.08. The number of nitrogens with zero attached hydrogens (tertiary/aromatic N) is 2. The number of hydrogen-bond acceptors (Lipinski definition) is 4. The average molecular weight is 297 g/mol. The molecule has 88 valence electrons. The van der Waals surface area contributed by atoms with E-state index < -0.39 is 4.92 Å². The Morgan fingerprint density at radius 1 is 1.41 bits per heavy atom. The highest BCUT2D eigenvalue weighted by Gasteiger charge is 2.17. The molecule has 0 aliphatic carbocycles. The summed E-state index contributed by atoms with van der Waals surface area (Å²) in [6.45, 7) is 1.87. The molecule has 1 aromatic heterocycles. The van der Waals surface area contributed by atoms with Gasteiger partial charge < -0.3 is 4.74 Å². The summed E-state index contributed by atoms with van der Waals surface area (Å²) in [5, 5.41) is 11.7. The Morgan fingerprint density at radius 2 is 2.12 bits per heavy atom. The van der Waals surface area contributed by atoms with E-state index in [0.717, 1.165) is 10.9 Å². The molecule has 0 unspecified atom stereocenters. The van der Waals surface area contributed by atoms with Crippen LogP contribution in [0.15, 0.2) is 22.8 Å². The van der Waals surface area contributed by atoms with Crippen molar-refractivity contribution in [1.82, 2.24) is 4.98 Å². The third-order valence-corrected chi connectivity index (χ3v) is 2.88. The summed E-state index contributed by atoms with van der Waals surface area (Å²) in [6, 6.07) is 4.93. The first-order chi connectivity index (χ1) is 8.02. The molecule has 2 rings (SSSR count). The van der Waals surface area contributed by atoms with E-state index in [1.807, 2.05) is 13.0 Å². The van der Waals surface area contributed by atoms with Crippen molar-refractivity contribution in [3.63, 3.8) is 0 Å². The first-order valence-corrected chi connectivity index (χ1v) is 5.61. The van der Waals surface area contributed by atoms with Crippen LogP contribution in [0.4, 0.5) is 5.69 Å². The molecule has 0 spiro atoms. The smallest absolute Gasteiger partial charge is 0.299 e. The molecule has 0 N–H and O–H groups in total. The molecule has 0 radical (unpaired) electrons. The van der Waals surface area contributed by atoms with Gasteiger partial charge in [0.25, 0.3) is 5.69 Å². The van der Waals surface area contributed by atoms with E-state index in [0.29, 0.717) is 15.9 Å². The molecule has 0 saturated heterocycles. The number of aromatic nitrogens is 1. The van der Waals surface area contributed by atoms with E-state index in [-0.39, 0.29) is 5.69 Å². The van der Waals surface area contributed by atoms with Crippen LogP contribution in [-0.4, -0.2) is 17.0 Å². The van der Waals surface area contributed by atoms with Gasteiger partial charge in [-0.05, 0) is 40.5 Å². The van der Waals surface area contributed by atoms with Crippen LogP contribution in [0.3, 0.4) is 0 Å². The average Bonchev–Trinajstić information content (AvgIpc) is 2.27. The Balaban J connectivity index is 2.90. The number of fused-ring (bicyclic) bond motifs is 1. The standard InChI is InChI=1S/C11H9BrN2O3/c1-6-3-10(12)13-11-8(6)4-7(17-2)5-9(11)14(15)16/h3-5H,1-2H3. The molecule has 0 fully saturated rings. The number of benzene rings is 1. The molecule has 0 saturated carbocycles. The summed E-state index contributed by atoms with van der Waals surface area (Å²) in [7, 11) is 1.48. The number of non-ortho nitro benzene ring substituents is 1. The molecule has 5 nitrogen and oxygen atoms in total. The lowest BCUT2D eigenvalue weighted by Crippen LogP contribution is -1.95. The molecule has 0 aliphatic rings. The van der Waals surface area contributed by atoms with Gasteiger partial charge in [0.2, 0.25) is 0 Å². The Morgan fingerprint density at radius 3 is 2.71 bits per heavy atom. The zero-order valence-corrected chi connectivity index (χ0v) is 10.8. The predicted octanol–water partition coefficient (Wildman–Crippen LogP) is 3.22. The highest BCUT2D eigenvalue weighted by atomic mass is 79.9. The molecule has 17 heavy (non-hydrogen) atoms. The third-order valence-electron chi connectivity index (χ3n) is 2.47. The van der Waals surface area contributed by atoms with Gasteiger partial charge in [-0.2, -0.15) is 0 Å². The summed E-state index contributed by atoms with van der Waals surface area (Å²) < 4.78 is 5.63. The fourth-order valence-corrected chi connectivity index (χ4v) is 2.18. The number of nitro groups is 1. The van der Waals surface area contributed by atoms with Crippen molar-refractivity contribution in [1.29, 1.82) is 0 Å². The molecule has 0 aliphatic heterocycles. The van der Waals surface area contributed by atoms with Crippen LogP contribution >= 0.6 is 15.9 Å². The molecular formula is C11H9BrN2O3. The fraction of sp³-hybridized carbons (Fsp3) is 0.182. The maximum Gasteiger partial charge on any atom is 0.299 e. The van der Waals surface area contributed by atoms with E-state index in [2.05, 4.69) is 20.9 Å². The van der Waals surface area contributed by atoms with Crippen molar-refractivity contribution in [3.8, 4) is 5.75 Å². The maximum atomic E-state index is 11.0. The van der Waals surface area contributed by atoms with E-state index in [9.17, 15) is 10.1 Å². The van der Waals surface area contributed by atoms with Gasteiger partial charge in [-0.3, -0.25) is 10.1 Å². The summed E-state index contributed by atoms with van der Waals surface area (Å²) in [6.07, 6.45) is 0. The zero-order valence-electron chi connectivity index (χ0n) is 9.23. The predicted molar refractivity (Wildman–Crippen MR) is 67.4 cm³/mol. The number of rotatable bonds is 2. The highest BCUT2D eigenvalue weighted by molar-refractivity contribution is 9.10. The second-order valence-corrected chi connectivity index (χ2v) is 4.37. The van der Waals surface area contributed by atoms with Gasteiger partial charge in [-0.1, -0.05) is 0 Å². The van der Waals surface area contributed by atoms with Gasteiger partial charge in [-0.15, -0.1) is 0 Å². The van der Waals surface area contributed by atoms with Gasteiger partial charge in [0.1, 0.15) is 15.9 Å². The van der Waals surface area contributed by atoms with Gasteiger partial charge in [0.15, 0.2) is 0 Å². The Bertz CT molecular complexity index is 613. The van der Waals surface area contributed by atoms with Crippen LogP contribution in [-0.2, 0) is 0 Å². The van der Waals surface area contributed by atoms with Crippen LogP contribution in [0.2, 0.25) is 0 Å². The summed E-state index contributed by atoms with van der Waals surface area (Å²) in [5.74, 6) is 0.455. The zero-order chi connectivity index (χ0) is 12.6. The summed E-state index contributed by atoms with van der Waals surface area (Å²) >= 11 is 3.24. The molecule has 0 amide bonds. The van der Waals surface area contributed by atoms with E-state index in [1.54, 1.807) is 6.07 Å². The number of halogens is 1. The van der Waals surface area contributed by atoms with E-state index in [1.165, 1.54) is 13.2 Å². The Labute approximate surface area is 106 Å². The minimum absolute atomic E-state index is 0.0521. The highest BCUT2D eigenvalue weighted by Crippen LogP contribution is 2.32. The van der Waals surface area contributed by atoms with Crippen LogP contribution in [0.1, 0.15) is 5.56 Å². The topological polar surface area (TPSA) is 65.3 Å². The Kier molecular flexibility index (Phi) is 2.97. The molecule has 1 aromatic carbocycles. The molecule has 0 atom stereocenters. The molecule has 6 heteroatoms. The number of pyridine rings is 1. The van der Waals surface area contributed by atoms with Gasteiger partial charge in [-0.25, -0.2) is 4.98 Å². The monoisotopic (exact) mass is 296 g/mol. The SMILES string of the molecule is COc1cc([N+](=O)[O-])c2nc(Br)cc(C)c2c1. The van der Waals surface area contributed by atoms with Crippen LogP contribution in [0.25, 0.3) is 10.9 Å². The van der Waals surface area contributed by atoms with Crippen molar-refractivity contribution in [2.75, 3.05) is 7.11 Å². The normalized spacial score (nSPS) is 10.5. The van der Waals surface area contributed by atoms with Crippen molar-refractivity contribution < 1.29 is 9.66 Å². The van der Waals surface area contributed by atoms with Crippen molar-refractivity contribution in [2.45, 2.75) is 6.92 Å². The largest absolute Gasteiger partial charge is 0.496 e. The summed E-state index contributed by atoms with van der Waals surface area (Å²) in [5.41, 5.74) is 1.22. The minimum atomic E-state index is -0.455. The van der Waals surface area contributed by atoms with Crippen molar-refractivity contribution in [3.05, 3.63) is 38.5 Å².